The summed E-state index contributed by atoms with van der Waals surface area (Å²) in [6.45, 7) is 0. The predicted molar refractivity (Wildman–Crippen MR) is 67.4 cm³/mol. The highest BCUT2D eigenvalue weighted by atomic mass is 19.2. The number of nitrogens with one attached hydrogen (secondary N) is 1. The summed E-state index contributed by atoms with van der Waals surface area (Å²) in [4.78, 5) is 2.48. The molecular weight excluding hydrogens is 274 g/mol. The van der Waals surface area contributed by atoms with E-state index in [1.165, 1.54) is 6.42 Å². The Labute approximate surface area is 114 Å². The molecule has 0 bridgehead atoms. The number of rotatable bonds is 2. The van der Waals surface area contributed by atoms with E-state index in [0.717, 1.165) is 31.4 Å². The Morgan fingerprint density at radius 2 is 1.30 bits per heavy atom. The Bertz CT molecular complexity index is 481. The molecule has 1 aliphatic rings. The lowest BCUT2D eigenvalue weighted by atomic mass is 9.99. The van der Waals surface area contributed by atoms with Gasteiger partial charge >= 0.3 is 0 Å². The van der Waals surface area contributed by atoms with E-state index >= 15 is 0 Å². The van der Waals surface area contributed by atoms with Crippen molar-refractivity contribution in [1.29, 1.82) is 0 Å². The quantitative estimate of drug-likeness (QED) is 0.504. The van der Waals surface area contributed by atoms with Gasteiger partial charge in [0.15, 0.2) is 0 Å². The van der Waals surface area contributed by atoms with Crippen LogP contribution < -0.4 is 5.43 Å². The molecule has 1 aliphatic carbocycles. The molecule has 1 N–H and O–H groups in total. The monoisotopic (exact) mass is 289 g/mol. The molecule has 2 rings (SSSR count). The van der Waals surface area contributed by atoms with Gasteiger partial charge in [-0.15, -0.1) is 0 Å². The predicted octanol–water partition coefficient (Wildman–Crippen LogP) is 4.15. The van der Waals surface area contributed by atoms with Gasteiger partial charge in [-0.1, -0.05) is 19.3 Å². The Morgan fingerprint density at radius 3 is 1.85 bits per heavy atom. The van der Waals surface area contributed by atoms with Crippen molar-refractivity contribution in [3.63, 3.8) is 0 Å². The van der Waals surface area contributed by atoms with Crippen molar-refractivity contribution in [3.05, 3.63) is 23.5 Å². The number of halogens is 4. The minimum absolute atomic E-state index is 0.715. The van der Waals surface area contributed by atoms with Crippen LogP contribution in [0.1, 0.15) is 44.9 Å². The maximum atomic E-state index is 13.4. The first-order chi connectivity index (χ1) is 9.59. The van der Waals surface area contributed by atoms with Crippen LogP contribution in [-0.2, 0) is 0 Å². The lowest BCUT2D eigenvalue weighted by Crippen LogP contribution is -2.09. The summed E-state index contributed by atoms with van der Waals surface area (Å²) in [5, 5.41) is 3.88. The second-order valence-electron chi connectivity index (χ2n) is 4.75. The second kappa shape index (κ2) is 6.67. The van der Waals surface area contributed by atoms with Gasteiger partial charge in [-0.05, 0) is 25.7 Å². The van der Waals surface area contributed by atoms with Crippen molar-refractivity contribution < 1.29 is 17.6 Å². The van der Waals surface area contributed by atoms with E-state index in [4.69, 9.17) is 0 Å². The average Bonchev–Trinajstić information content (AvgIpc) is 2.38. The molecule has 7 heteroatoms. The van der Waals surface area contributed by atoms with Crippen LogP contribution in [0.3, 0.4) is 0 Å². The zero-order chi connectivity index (χ0) is 14.5. The molecule has 20 heavy (non-hydrogen) atoms. The average molecular weight is 289 g/mol. The third-order valence-corrected chi connectivity index (χ3v) is 3.25. The van der Waals surface area contributed by atoms with Crippen LogP contribution in [0.5, 0.6) is 0 Å². The summed E-state index contributed by atoms with van der Waals surface area (Å²) in [5.74, 6) is -6.52. The van der Waals surface area contributed by atoms with Crippen LogP contribution in [0, 0.1) is 23.5 Å². The lowest BCUT2D eigenvalue weighted by molar-refractivity contribution is 0.411. The van der Waals surface area contributed by atoms with Crippen molar-refractivity contribution >= 4 is 11.4 Å². The highest BCUT2D eigenvalue weighted by Crippen LogP contribution is 2.22. The van der Waals surface area contributed by atoms with E-state index in [1.54, 1.807) is 0 Å². The molecule has 0 atom stereocenters. The first-order valence-corrected chi connectivity index (χ1v) is 6.61. The Morgan fingerprint density at radius 1 is 0.800 bits per heavy atom. The molecule has 0 spiro atoms. The molecule has 1 heterocycles. The number of nitrogens with zero attached hydrogens (tertiary/aromatic N) is 2. The van der Waals surface area contributed by atoms with Crippen LogP contribution in [0.25, 0.3) is 0 Å². The summed E-state index contributed by atoms with van der Waals surface area (Å²) in [6.07, 6.45) is 6.67. The van der Waals surface area contributed by atoms with Crippen LogP contribution in [0.15, 0.2) is 5.10 Å². The van der Waals surface area contributed by atoms with Crippen LogP contribution in [0.4, 0.5) is 23.2 Å². The van der Waals surface area contributed by atoms with E-state index in [9.17, 15) is 17.6 Å². The van der Waals surface area contributed by atoms with E-state index in [1.807, 2.05) is 0 Å². The summed E-state index contributed by atoms with van der Waals surface area (Å²) in [6, 6.07) is 0. The van der Waals surface area contributed by atoms with Gasteiger partial charge in [0.1, 0.15) is 5.69 Å². The highest BCUT2D eigenvalue weighted by Gasteiger charge is 2.20. The van der Waals surface area contributed by atoms with E-state index < -0.39 is 29.2 Å². The van der Waals surface area contributed by atoms with E-state index in [2.05, 4.69) is 15.5 Å². The number of hydrazone groups is 1. The van der Waals surface area contributed by atoms with Crippen molar-refractivity contribution in [2.45, 2.75) is 44.9 Å². The molecule has 0 aliphatic heterocycles. The van der Waals surface area contributed by atoms with Gasteiger partial charge in [0.2, 0.25) is 11.6 Å². The van der Waals surface area contributed by atoms with Gasteiger partial charge < -0.3 is 0 Å². The second-order valence-corrected chi connectivity index (χ2v) is 4.75. The zero-order valence-electron chi connectivity index (χ0n) is 10.9. The molecule has 0 amide bonds. The third-order valence-electron chi connectivity index (χ3n) is 3.25. The molecular formula is C13H15F4N3. The van der Waals surface area contributed by atoms with E-state index in [-0.39, 0.29) is 0 Å². The molecule has 1 fully saturated rings. The maximum Gasteiger partial charge on any atom is 0.254 e. The summed E-state index contributed by atoms with van der Waals surface area (Å²) in [7, 11) is 0. The van der Waals surface area contributed by atoms with Crippen LogP contribution in [-0.4, -0.2) is 10.7 Å². The van der Waals surface area contributed by atoms with Crippen LogP contribution in [0.2, 0.25) is 0 Å². The van der Waals surface area contributed by atoms with Crippen molar-refractivity contribution in [2.24, 2.45) is 5.10 Å². The van der Waals surface area contributed by atoms with Gasteiger partial charge in [0, 0.05) is 5.71 Å². The highest BCUT2D eigenvalue weighted by molar-refractivity contribution is 5.85. The smallest absolute Gasteiger partial charge is 0.254 e. The molecule has 0 saturated heterocycles. The Hall–Kier alpha value is -1.66. The first-order valence-electron chi connectivity index (χ1n) is 6.61. The third kappa shape index (κ3) is 3.46. The largest absolute Gasteiger partial charge is 0.272 e. The first kappa shape index (κ1) is 14.7. The number of hydrogen-bond donors (Lipinski definition) is 1. The zero-order valence-corrected chi connectivity index (χ0v) is 10.9. The van der Waals surface area contributed by atoms with Gasteiger partial charge in [0.25, 0.3) is 11.9 Å². The lowest BCUT2D eigenvalue weighted by Gasteiger charge is -2.12. The molecule has 0 radical (unpaired) electrons. The van der Waals surface area contributed by atoms with Crippen molar-refractivity contribution in [3.8, 4) is 0 Å². The normalized spacial score (nSPS) is 16.5. The summed E-state index contributed by atoms with van der Waals surface area (Å²) < 4.78 is 52.6. The van der Waals surface area contributed by atoms with Gasteiger partial charge in [-0.2, -0.15) is 27.6 Å². The molecule has 110 valence electrons. The number of aromatic nitrogens is 1. The van der Waals surface area contributed by atoms with Crippen LogP contribution >= 0.6 is 0 Å². The molecule has 1 saturated carbocycles. The van der Waals surface area contributed by atoms with Gasteiger partial charge in [-0.25, -0.2) is 0 Å². The van der Waals surface area contributed by atoms with E-state index in [0.29, 0.717) is 12.8 Å². The number of hydrogen-bond acceptors (Lipinski definition) is 3. The SMILES string of the molecule is Fc1nc(F)c(F)c(NN=C2CCCCCCC2)c1F. The van der Waals surface area contributed by atoms with Crippen molar-refractivity contribution in [2.75, 3.05) is 5.43 Å². The summed E-state index contributed by atoms with van der Waals surface area (Å²) in [5.41, 5.74) is 1.91. The minimum Gasteiger partial charge on any atom is -0.272 e. The molecule has 1 aromatic heterocycles. The Kier molecular flexibility index (Phi) is 4.92. The molecule has 3 nitrogen and oxygen atoms in total. The fourth-order valence-electron chi connectivity index (χ4n) is 2.15. The topological polar surface area (TPSA) is 37.3 Å². The maximum absolute atomic E-state index is 13.4. The molecule has 0 unspecified atom stereocenters. The molecule has 1 aromatic rings. The molecule has 0 aromatic carbocycles. The van der Waals surface area contributed by atoms with Gasteiger partial charge in [0.05, 0.1) is 0 Å². The fraction of sp³-hybridized carbons (Fsp3) is 0.538. The minimum atomic E-state index is -1.69. The summed E-state index contributed by atoms with van der Waals surface area (Å²) >= 11 is 0. The fourth-order valence-corrected chi connectivity index (χ4v) is 2.15. The Balaban J connectivity index is 2.17. The number of pyridine rings is 1. The number of anilines is 1. The standard InChI is InChI=1S/C13H15F4N3/c14-9-11(10(15)13(17)18-12(9)16)20-19-8-6-4-2-1-3-5-7-8/h1-7H2,(H,18,20). The van der Waals surface area contributed by atoms with Crippen molar-refractivity contribution in [1.82, 2.24) is 4.98 Å². The van der Waals surface area contributed by atoms with Gasteiger partial charge in [-0.3, -0.25) is 5.43 Å².